The van der Waals surface area contributed by atoms with E-state index in [1.165, 1.54) is 18.5 Å². The number of anilines is 3. The topological polar surface area (TPSA) is 121 Å². The summed E-state index contributed by atoms with van der Waals surface area (Å²) in [7, 11) is 3.84. The van der Waals surface area contributed by atoms with Crippen molar-refractivity contribution >= 4 is 34.0 Å². The minimum atomic E-state index is -0.616. The van der Waals surface area contributed by atoms with Crippen LogP contribution >= 0.6 is 0 Å². The normalized spacial score (nSPS) is 11.8. The average Bonchev–Trinajstić information content (AvgIpc) is 2.93. The van der Waals surface area contributed by atoms with Crippen LogP contribution in [-0.2, 0) is 0 Å². The van der Waals surface area contributed by atoms with Gasteiger partial charge in [-0.2, -0.15) is 0 Å². The first-order valence-corrected chi connectivity index (χ1v) is 12.3. The van der Waals surface area contributed by atoms with Crippen molar-refractivity contribution in [2.24, 2.45) is 0 Å². The molecule has 2 aromatic heterocycles. The molecule has 0 fully saturated rings. The maximum Gasteiger partial charge on any atom is 0.200 e. The maximum absolute atomic E-state index is 14.2. The van der Waals surface area contributed by atoms with Gasteiger partial charge < -0.3 is 20.4 Å². The first-order chi connectivity index (χ1) is 18.7. The quantitative estimate of drug-likeness (QED) is 0.237. The number of halogens is 1. The van der Waals surface area contributed by atoms with E-state index in [4.69, 9.17) is 15.6 Å². The summed E-state index contributed by atoms with van der Waals surface area (Å²) in [5, 5.41) is 12.6. The number of nitrogen functional groups attached to an aromatic ring is 1. The van der Waals surface area contributed by atoms with Gasteiger partial charge in [0.25, 0.3) is 0 Å². The molecule has 0 saturated heterocycles. The van der Waals surface area contributed by atoms with Gasteiger partial charge in [-0.1, -0.05) is 36.4 Å². The monoisotopic (exact) mass is 522 g/mol. The average molecular weight is 523 g/mol. The maximum atomic E-state index is 14.2. The van der Waals surface area contributed by atoms with Crippen molar-refractivity contribution in [1.29, 1.82) is 5.41 Å². The largest absolute Gasteiger partial charge is 0.458 e. The van der Waals surface area contributed by atoms with Gasteiger partial charge in [0, 0.05) is 25.3 Å². The van der Waals surface area contributed by atoms with Crippen molar-refractivity contribution in [1.82, 2.24) is 9.97 Å². The third-order valence-electron chi connectivity index (χ3n) is 6.46. The fraction of sp³-hybridized carbons (Fsp3) is 0.133. The van der Waals surface area contributed by atoms with Crippen LogP contribution < -0.4 is 21.4 Å². The standard InChI is InChI=1S/C30H27FN6O2/c1-17(28-24(18-8-6-10-20(31)14-18)27(38)22-12-4-5-13-23(22)39-28)36-30-25(29(33)34-16-35-30)26(32)19-9-7-11-21(15-19)37(2)3/h4-17,32H,1-3H3,(H3,33,34,35,36). The Morgan fingerprint density at radius 1 is 1.05 bits per heavy atom. The minimum absolute atomic E-state index is 0.130. The van der Waals surface area contributed by atoms with E-state index >= 15 is 0 Å². The molecule has 0 amide bonds. The molecule has 0 saturated carbocycles. The number of nitrogens with zero attached hydrogens (tertiary/aromatic N) is 3. The molecule has 5 aromatic rings. The highest BCUT2D eigenvalue weighted by Crippen LogP contribution is 2.32. The van der Waals surface area contributed by atoms with Gasteiger partial charge in [-0.25, -0.2) is 14.4 Å². The van der Waals surface area contributed by atoms with Crippen LogP contribution in [0.4, 0.5) is 21.7 Å². The van der Waals surface area contributed by atoms with Gasteiger partial charge in [0.05, 0.1) is 28.3 Å². The lowest BCUT2D eigenvalue weighted by Gasteiger charge is -2.20. The van der Waals surface area contributed by atoms with Gasteiger partial charge in [0.1, 0.15) is 35.1 Å². The number of fused-ring (bicyclic) bond motifs is 1. The molecule has 2 heterocycles. The lowest BCUT2D eigenvalue weighted by molar-refractivity contribution is 0.515. The number of rotatable bonds is 7. The third-order valence-corrected chi connectivity index (χ3v) is 6.46. The molecule has 0 spiro atoms. The molecule has 3 aromatic carbocycles. The molecule has 4 N–H and O–H groups in total. The van der Waals surface area contributed by atoms with Crippen LogP contribution in [0, 0.1) is 11.2 Å². The first-order valence-electron chi connectivity index (χ1n) is 12.3. The molecule has 0 bridgehead atoms. The van der Waals surface area contributed by atoms with Crippen LogP contribution in [0.1, 0.15) is 29.9 Å². The number of nitrogens with two attached hydrogens (primary N) is 1. The number of aromatic nitrogens is 2. The van der Waals surface area contributed by atoms with E-state index in [0.29, 0.717) is 39.2 Å². The molecule has 5 rings (SSSR count). The Bertz CT molecular complexity index is 1760. The van der Waals surface area contributed by atoms with E-state index in [-0.39, 0.29) is 22.5 Å². The van der Waals surface area contributed by atoms with Crippen molar-refractivity contribution in [2.45, 2.75) is 13.0 Å². The van der Waals surface area contributed by atoms with E-state index < -0.39 is 11.9 Å². The van der Waals surface area contributed by atoms with Crippen LogP contribution in [-0.4, -0.2) is 29.8 Å². The highest BCUT2D eigenvalue weighted by molar-refractivity contribution is 6.16. The van der Waals surface area contributed by atoms with Gasteiger partial charge in [0.15, 0.2) is 0 Å². The lowest BCUT2D eigenvalue weighted by atomic mass is 9.98. The lowest BCUT2D eigenvalue weighted by Crippen LogP contribution is -2.19. The molecule has 8 nitrogen and oxygen atoms in total. The molecular formula is C30H27FN6O2. The van der Waals surface area contributed by atoms with E-state index in [2.05, 4.69) is 15.3 Å². The molecule has 1 unspecified atom stereocenters. The van der Waals surface area contributed by atoms with Crippen molar-refractivity contribution in [2.75, 3.05) is 30.0 Å². The second kappa shape index (κ2) is 10.4. The summed E-state index contributed by atoms with van der Waals surface area (Å²) < 4.78 is 20.4. The van der Waals surface area contributed by atoms with Gasteiger partial charge in [-0.15, -0.1) is 0 Å². The summed E-state index contributed by atoms with van der Waals surface area (Å²) in [5.41, 5.74) is 9.03. The Morgan fingerprint density at radius 2 is 1.82 bits per heavy atom. The molecule has 1 atom stereocenters. The molecule has 0 radical (unpaired) electrons. The number of hydrogen-bond acceptors (Lipinski definition) is 8. The van der Waals surface area contributed by atoms with Crippen molar-refractivity contribution in [3.63, 3.8) is 0 Å². The molecular weight excluding hydrogens is 495 g/mol. The van der Waals surface area contributed by atoms with Crippen LogP contribution in [0.25, 0.3) is 22.1 Å². The highest BCUT2D eigenvalue weighted by Gasteiger charge is 2.24. The molecule has 0 aliphatic heterocycles. The number of nitrogens with one attached hydrogen (secondary N) is 2. The van der Waals surface area contributed by atoms with Crippen molar-refractivity contribution < 1.29 is 8.81 Å². The Labute approximate surface area is 224 Å². The van der Waals surface area contributed by atoms with Crippen molar-refractivity contribution in [3.8, 4) is 11.1 Å². The Kier molecular flexibility index (Phi) is 6.81. The van der Waals surface area contributed by atoms with E-state index in [9.17, 15) is 9.18 Å². The second-order valence-electron chi connectivity index (χ2n) is 9.35. The van der Waals surface area contributed by atoms with Crippen LogP contribution in [0.5, 0.6) is 0 Å². The Hall–Kier alpha value is -5.05. The zero-order valence-electron chi connectivity index (χ0n) is 21.7. The predicted molar refractivity (Wildman–Crippen MR) is 153 cm³/mol. The fourth-order valence-corrected chi connectivity index (χ4v) is 4.49. The number of benzene rings is 3. The molecule has 196 valence electrons. The number of para-hydroxylation sites is 1. The summed E-state index contributed by atoms with van der Waals surface area (Å²) in [6.07, 6.45) is 1.31. The smallest absolute Gasteiger partial charge is 0.200 e. The molecule has 0 aliphatic carbocycles. The van der Waals surface area contributed by atoms with E-state index in [1.54, 1.807) is 43.3 Å². The third kappa shape index (κ3) is 4.94. The summed E-state index contributed by atoms with van der Waals surface area (Å²) in [5.74, 6) is 0.265. The van der Waals surface area contributed by atoms with E-state index in [1.807, 2.05) is 43.3 Å². The first kappa shape index (κ1) is 25.6. The van der Waals surface area contributed by atoms with Gasteiger partial charge in [-0.05, 0) is 48.9 Å². The van der Waals surface area contributed by atoms with E-state index in [0.717, 1.165) is 5.69 Å². The minimum Gasteiger partial charge on any atom is -0.458 e. The van der Waals surface area contributed by atoms with Gasteiger partial charge in [-0.3, -0.25) is 10.2 Å². The van der Waals surface area contributed by atoms with Crippen LogP contribution in [0.2, 0.25) is 0 Å². The number of hydrogen-bond donors (Lipinski definition) is 3. The van der Waals surface area contributed by atoms with Gasteiger partial charge in [0.2, 0.25) is 5.43 Å². The Balaban J connectivity index is 1.61. The van der Waals surface area contributed by atoms with Crippen LogP contribution in [0.15, 0.2) is 88.3 Å². The zero-order valence-corrected chi connectivity index (χ0v) is 21.7. The highest BCUT2D eigenvalue weighted by atomic mass is 19.1. The summed E-state index contributed by atoms with van der Waals surface area (Å²) in [6, 6.07) is 19.7. The van der Waals surface area contributed by atoms with Crippen LogP contribution in [0.3, 0.4) is 0 Å². The second-order valence-corrected chi connectivity index (χ2v) is 9.35. The predicted octanol–water partition coefficient (Wildman–Crippen LogP) is 5.63. The fourth-order valence-electron chi connectivity index (χ4n) is 4.49. The summed E-state index contributed by atoms with van der Waals surface area (Å²) >= 11 is 0. The molecule has 0 aliphatic rings. The Morgan fingerprint density at radius 3 is 2.59 bits per heavy atom. The molecule has 9 heteroatoms. The van der Waals surface area contributed by atoms with Crippen molar-refractivity contribution in [3.05, 3.63) is 112 Å². The summed E-state index contributed by atoms with van der Waals surface area (Å²) in [6.45, 7) is 1.80. The summed E-state index contributed by atoms with van der Waals surface area (Å²) in [4.78, 5) is 24.1. The zero-order chi connectivity index (χ0) is 27.7. The van der Waals surface area contributed by atoms with Gasteiger partial charge >= 0.3 is 0 Å². The molecule has 39 heavy (non-hydrogen) atoms. The SMILES string of the molecule is CC(Nc1ncnc(N)c1C(=N)c1cccc(N(C)C)c1)c1oc2ccccc2c(=O)c1-c1cccc(F)c1.